The van der Waals surface area contributed by atoms with Gasteiger partial charge >= 0.3 is 0 Å². The molecule has 3 aliphatic rings. The third-order valence-electron chi connectivity index (χ3n) is 5.80. The van der Waals surface area contributed by atoms with Gasteiger partial charge in [-0.3, -0.25) is 4.79 Å². The van der Waals surface area contributed by atoms with E-state index in [0.29, 0.717) is 33.3 Å². The summed E-state index contributed by atoms with van der Waals surface area (Å²) in [5.41, 5.74) is 1.13. The van der Waals surface area contributed by atoms with Crippen molar-refractivity contribution in [3.63, 3.8) is 0 Å². The lowest BCUT2D eigenvalue weighted by Gasteiger charge is -2.39. The fraction of sp³-hybridized carbons (Fsp3) is 0.304. The van der Waals surface area contributed by atoms with Crippen LogP contribution in [-0.2, 0) is 4.74 Å². The molecule has 3 unspecified atom stereocenters. The van der Waals surface area contributed by atoms with Gasteiger partial charge in [0.2, 0.25) is 0 Å². The second-order valence-corrected chi connectivity index (χ2v) is 8.32. The summed E-state index contributed by atoms with van der Waals surface area (Å²) in [5, 5.41) is 40.8. The average molecular weight is 474 g/mol. The fourth-order valence-electron chi connectivity index (χ4n) is 4.03. The molecule has 2 aliphatic heterocycles. The van der Waals surface area contributed by atoms with Gasteiger partial charge in [0.1, 0.15) is 54.1 Å². The minimum Gasteiger partial charge on any atom is -0.489 e. The van der Waals surface area contributed by atoms with Crippen LogP contribution in [0.5, 0.6) is 5.75 Å². The van der Waals surface area contributed by atoms with Crippen LogP contribution in [-0.4, -0.2) is 69.1 Å². The van der Waals surface area contributed by atoms with Gasteiger partial charge in [-0.1, -0.05) is 35.9 Å². The molecule has 10 heteroatoms. The second kappa shape index (κ2) is 8.53. The van der Waals surface area contributed by atoms with Crippen LogP contribution in [0.2, 0.25) is 5.02 Å². The number of aliphatic hydroxyl groups excluding tert-OH is 4. The zero-order chi connectivity index (χ0) is 23.3. The number of aromatic nitrogens is 1. The van der Waals surface area contributed by atoms with E-state index in [-0.39, 0.29) is 22.8 Å². The topological polar surface area (TPSA) is 142 Å². The molecular weight excluding hydrogens is 454 g/mol. The lowest BCUT2D eigenvalue weighted by molar-refractivity contribution is -0.234. The standard InChI is InChI=1S/C23H20ClNO8/c24-12-5-13-16(32-17-6-14(27)10-3-1-2-4-11(10)20(17)25-13)7-15(12)31-9-19-22(29)23(30)21(28)18(8-26)33-19/h1-7,18-19,21-23,26,28-30H,8-9H2/t18?,19-,21+,22?,23?/m0/s1. The molecular formula is C23H20ClNO8. The number of aliphatic hydroxyl groups is 4. The Kier molecular flexibility index (Phi) is 5.69. The summed E-state index contributed by atoms with van der Waals surface area (Å²) >= 11 is 6.37. The summed E-state index contributed by atoms with van der Waals surface area (Å²) in [7, 11) is 0. The molecule has 1 fully saturated rings. The van der Waals surface area contributed by atoms with Gasteiger partial charge in [0.15, 0.2) is 16.8 Å². The quantitative estimate of drug-likeness (QED) is 0.255. The lowest BCUT2D eigenvalue weighted by atomic mass is 9.95. The Bertz CT molecular complexity index is 1360. The zero-order valence-corrected chi connectivity index (χ0v) is 17.8. The van der Waals surface area contributed by atoms with E-state index < -0.39 is 37.1 Å². The fourth-order valence-corrected chi connectivity index (χ4v) is 4.24. The molecule has 2 aromatic carbocycles. The summed E-state index contributed by atoms with van der Waals surface area (Å²) in [5.74, 6) is 0.516. The summed E-state index contributed by atoms with van der Waals surface area (Å²) in [6.45, 7) is -0.755. The molecule has 0 amide bonds. The highest BCUT2D eigenvalue weighted by Crippen LogP contribution is 2.35. The normalized spacial score (nSPS) is 25.7. The molecule has 5 atom stereocenters. The lowest BCUT2D eigenvalue weighted by Crippen LogP contribution is -2.59. The Morgan fingerprint density at radius 2 is 1.73 bits per heavy atom. The maximum atomic E-state index is 12.4. The molecule has 1 aliphatic carbocycles. The molecule has 5 rings (SSSR count). The molecule has 9 nitrogen and oxygen atoms in total. The monoisotopic (exact) mass is 473 g/mol. The minimum atomic E-state index is -1.50. The van der Waals surface area contributed by atoms with Gasteiger partial charge in [-0.2, -0.15) is 0 Å². The number of rotatable bonds is 4. The van der Waals surface area contributed by atoms with Crippen LogP contribution in [0, 0.1) is 0 Å². The van der Waals surface area contributed by atoms with E-state index in [1.54, 1.807) is 24.3 Å². The number of ether oxygens (including phenoxy) is 2. The van der Waals surface area contributed by atoms with Crippen LogP contribution in [0.1, 0.15) is 0 Å². The van der Waals surface area contributed by atoms with Gasteiger partial charge in [0, 0.05) is 22.9 Å². The minimum absolute atomic E-state index is 0.184. The van der Waals surface area contributed by atoms with Crippen molar-refractivity contribution in [3.8, 4) is 17.2 Å². The SMILES string of the molecule is O=c1cc2oc3cc(OC[C@@H]4OC(CO)[C@@H](O)C(O)C4O)c(Cl)cc3nc-2c2ccccc12. The van der Waals surface area contributed by atoms with Crippen molar-refractivity contribution >= 4 is 33.5 Å². The highest BCUT2D eigenvalue weighted by molar-refractivity contribution is 6.32. The Labute approximate surface area is 191 Å². The first-order chi connectivity index (χ1) is 15.9. The number of hydrogen-bond donors (Lipinski definition) is 4. The first-order valence-corrected chi connectivity index (χ1v) is 10.6. The largest absolute Gasteiger partial charge is 0.489 e. The molecule has 4 N–H and O–H groups in total. The van der Waals surface area contributed by atoms with Gasteiger partial charge in [-0.25, -0.2) is 4.98 Å². The van der Waals surface area contributed by atoms with E-state index in [9.17, 15) is 25.2 Å². The highest BCUT2D eigenvalue weighted by Gasteiger charge is 2.43. The van der Waals surface area contributed by atoms with Crippen molar-refractivity contribution in [1.82, 2.24) is 4.98 Å². The number of nitrogens with zero attached hydrogens (tertiary/aromatic N) is 1. The molecule has 0 bridgehead atoms. The first kappa shape index (κ1) is 22.0. The smallest absolute Gasteiger partial charge is 0.190 e. The maximum Gasteiger partial charge on any atom is 0.190 e. The Morgan fingerprint density at radius 1 is 1.00 bits per heavy atom. The molecule has 0 saturated carbocycles. The molecule has 2 heterocycles. The van der Waals surface area contributed by atoms with Crippen LogP contribution in [0.4, 0.5) is 0 Å². The van der Waals surface area contributed by atoms with E-state index >= 15 is 0 Å². The predicted octanol–water partition coefficient (Wildman–Crippen LogP) is 1.32. The van der Waals surface area contributed by atoms with E-state index in [2.05, 4.69) is 4.98 Å². The third kappa shape index (κ3) is 3.82. The Morgan fingerprint density at radius 3 is 2.48 bits per heavy atom. The van der Waals surface area contributed by atoms with Gasteiger partial charge in [-0.15, -0.1) is 0 Å². The van der Waals surface area contributed by atoms with Gasteiger partial charge in [-0.05, 0) is 6.07 Å². The molecule has 0 radical (unpaired) electrons. The third-order valence-corrected chi connectivity index (χ3v) is 6.10. The molecule has 33 heavy (non-hydrogen) atoms. The first-order valence-electron chi connectivity index (χ1n) is 10.3. The van der Waals surface area contributed by atoms with Crippen molar-refractivity contribution in [3.05, 3.63) is 57.7 Å². The summed E-state index contributed by atoms with van der Waals surface area (Å²) < 4.78 is 17.1. The van der Waals surface area contributed by atoms with Gasteiger partial charge in [0.05, 0.1) is 11.6 Å². The molecule has 0 aromatic heterocycles. The van der Waals surface area contributed by atoms with Crippen molar-refractivity contribution in [1.29, 1.82) is 0 Å². The predicted molar refractivity (Wildman–Crippen MR) is 119 cm³/mol. The van der Waals surface area contributed by atoms with E-state index in [0.717, 1.165) is 0 Å². The van der Waals surface area contributed by atoms with Crippen LogP contribution < -0.4 is 10.2 Å². The maximum absolute atomic E-state index is 12.4. The molecule has 172 valence electrons. The molecule has 2 aromatic rings. The van der Waals surface area contributed by atoms with E-state index in [4.69, 9.17) is 25.5 Å². The summed E-state index contributed by atoms with van der Waals surface area (Å²) in [6, 6.07) is 11.6. The van der Waals surface area contributed by atoms with Gasteiger partial charge in [0.25, 0.3) is 0 Å². The van der Waals surface area contributed by atoms with Crippen molar-refractivity contribution in [2.45, 2.75) is 30.5 Å². The number of fused-ring (bicyclic) bond motifs is 4. The second-order valence-electron chi connectivity index (χ2n) is 7.91. The van der Waals surface area contributed by atoms with Crippen LogP contribution in [0.15, 0.2) is 51.7 Å². The average Bonchev–Trinajstić information content (AvgIpc) is 2.82. The van der Waals surface area contributed by atoms with Crippen molar-refractivity contribution in [2.75, 3.05) is 13.2 Å². The van der Waals surface area contributed by atoms with E-state index in [1.165, 1.54) is 12.1 Å². The zero-order valence-electron chi connectivity index (χ0n) is 17.1. The van der Waals surface area contributed by atoms with Crippen molar-refractivity contribution < 1.29 is 34.3 Å². The Balaban J connectivity index is 1.48. The highest BCUT2D eigenvalue weighted by atomic mass is 35.5. The Hall–Kier alpha value is -2.79. The van der Waals surface area contributed by atoms with Crippen LogP contribution >= 0.6 is 11.6 Å². The summed E-state index contributed by atoms with van der Waals surface area (Å²) in [4.78, 5) is 17.1. The van der Waals surface area contributed by atoms with Crippen molar-refractivity contribution in [2.24, 2.45) is 0 Å². The molecule has 1 saturated heterocycles. The van der Waals surface area contributed by atoms with Crippen LogP contribution in [0.25, 0.3) is 33.3 Å². The number of benzene rings is 3. The summed E-state index contributed by atoms with van der Waals surface area (Å²) in [6.07, 6.45) is -6.44. The van der Waals surface area contributed by atoms with Crippen LogP contribution in [0.3, 0.4) is 0 Å². The van der Waals surface area contributed by atoms with Gasteiger partial charge < -0.3 is 34.3 Å². The number of halogens is 1. The molecule has 0 spiro atoms. The number of hydrogen-bond acceptors (Lipinski definition) is 9. The van der Waals surface area contributed by atoms with E-state index in [1.807, 2.05) is 6.07 Å².